The topological polar surface area (TPSA) is 69.6 Å². The third kappa shape index (κ3) is 21.3. The first kappa shape index (κ1) is 24.4. The molecular formula is C21H43NO3. The molecule has 0 heterocycles. The molecule has 0 aliphatic carbocycles. The predicted octanol–water partition coefficient (Wildman–Crippen LogP) is 5.06. The summed E-state index contributed by atoms with van der Waals surface area (Å²) in [5.74, 6) is 0.168. The van der Waals surface area contributed by atoms with Crippen molar-refractivity contribution in [3.8, 4) is 0 Å². The number of hydrogen-bond donors (Lipinski definition) is 3. The summed E-state index contributed by atoms with van der Waals surface area (Å²) in [6, 6.07) is 0. The molecule has 0 unspecified atom stereocenters. The van der Waals surface area contributed by atoms with Crippen LogP contribution in [-0.2, 0) is 4.79 Å². The zero-order chi connectivity index (χ0) is 18.6. The zero-order valence-corrected chi connectivity index (χ0v) is 16.6. The molecule has 0 aromatic heterocycles. The van der Waals surface area contributed by atoms with Gasteiger partial charge in [0, 0.05) is 13.5 Å². The first-order chi connectivity index (χ1) is 12.2. The molecule has 0 spiro atoms. The number of carbonyl (C=O) groups is 1. The van der Waals surface area contributed by atoms with Crippen LogP contribution in [0, 0.1) is 0 Å². The van der Waals surface area contributed by atoms with Crippen molar-refractivity contribution < 1.29 is 15.0 Å². The van der Waals surface area contributed by atoms with Crippen LogP contribution in [0.25, 0.3) is 0 Å². The van der Waals surface area contributed by atoms with Gasteiger partial charge in [0.05, 0.1) is 0 Å². The lowest BCUT2D eigenvalue weighted by atomic mass is 10.0. The van der Waals surface area contributed by atoms with Gasteiger partial charge in [-0.05, 0) is 19.3 Å². The van der Waals surface area contributed by atoms with Gasteiger partial charge in [-0.15, -0.1) is 0 Å². The van der Waals surface area contributed by atoms with Crippen LogP contribution in [0.3, 0.4) is 0 Å². The van der Waals surface area contributed by atoms with Gasteiger partial charge in [-0.3, -0.25) is 4.79 Å². The summed E-state index contributed by atoms with van der Waals surface area (Å²) >= 11 is 0. The molecule has 0 aliphatic heterocycles. The van der Waals surface area contributed by atoms with Crippen molar-refractivity contribution in [1.82, 2.24) is 5.32 Å². The van der Waals surface area contributed by atoms with Gasteiger partial charge in [-0.2, -0.15) is 0 Å². The number of amides is 1. The molecule has 0 saturated heterocycles. The second-order valence-corrected chi connectivity index (χ2v) is 7.35. The quantitative estimate of drug-likeness (QED) is 0.223. The van der Waals surface area contributed by atoms with Crippen molar-refractivity contribution in [3.05, 3.63) is 0 Å². The smallest absolute Gasteiger partial charge is 0.219 e. The largest absolute Gasteiger partial charge is 0.368 e. The maximum absolute atomic E-state index is 11.1. The van der Waals surface area contributed by atoms with Gasteiger partial charge in [0.1, 0.15) is 0 Å². The molecular weight excluding hydrogens is 314 g/mol. The fourth-order valence-corrected chi connectivity index (χ4v) is 3.21. The van der Waals surface area contributed by atoms with Crippen molar-refractivity contribution in [2.45, 2.75) is 122 Å². The Bertz CT molecular complexity index is 282. The van der Waals surface area contributed by atoms with Gasteiger partial charge in [0.2, 0.25) is 5.91 Å². The first-order valence-electron chi connectivity index (χ1n) is 10.7. The van der Waals surface area contributed by atoms with Crippen molar-refractivity contribution >= 4 is 5.91 Å². The molecule has 25 heavy (non-hydrogen) atoms. The second-order valence-electron chi connectivity index (χ2n) is 7.35. The Hall–Kier alpha value is -0.610. The Labute approximate surface area is 155 Å². The predicted molar refractivity (Wildman–Crippen MR) is 105 cm³/mol. The van der Waals surface area contributed by atoms with Crippen LogP contribution >= 0.6 is 0 Å². The van der Waals surface area contributed by atoms with E-state index in [0.29, 0.717) is 12.8 Å². The lowest BCUT2D eigenvalue weighted by molar-refractivity contribution is -0.120. The summed E-state index contributed by atoms with van der Waals surface area (Å²) in [4.78, 5) is 11.1. The van der Waals surface area contributed by atoms with E-state index < -0.39 is 6.29 Å². The van der Waals surface area contributed by atoms with E-state index in [1.807, 2.05) is 0 Å². The van der Waals surface area contributed by atoms with Gasteiger partial charge in [0.15, 0.2) is 6.29 Å². The third-order valence-corrected chi connectivity index (χ3v) is 4.90. The summed E-state index contributed by atoms with van der Waals surface area (Å²) in [5.41, 5.74) is 0. The summed E-state index contributed by atoms with van der Waals surface area (Å²) in [7, 11) is 1.70. The lowest BCUT2D eigenvalue weighted by Gasteiger charge is -2.04. The molecule has 0 atom stereocenters. The van der Waals surface area contributed by atoms with E-state index in [1.54, 1.807) is 7.05 Å². The van der Waals surface area contributed by atoms with E-state index >= 15 is 0 Å². The van der Waals surface area contributed by atoms with E-state index in [0.717, 1.165) is 19.3 Å². The molecule has 0 aliphatic rings. The number of carbonyl (C=O) groups excluding carboxylic acids is 1. The van der Waals surface area contributed by atoms with Gasteiger partial charge in [-0.1, -0.05) is 89.9 Å². The minimum Gasteiger partial charge on any atom is -0.368 e. The van der Waals surface area contributed by atoms with Crippen LogP contribution in [0.5, 0.6) is 0 Å². The van der Waals surface area contributed by atoms with E-state index in [9.17, 15) is 4.79 Å². The molecule has 4 heteroatoms. The van der Waals surface area contributed by atoms with Crippen molar-refractivity contribution in [3.63, 3.8) is 0 Å². The fraction of sp³-hybridized carbons (Fsp3) is 0.952. The fourth-order valence-electron chi connectivity index (χ4n) is 3.21. The number of aliphatic hydroxyl groups is 2. The summed E-state index contributed by atoms with van der Waals surface area (Å²) in [6.45, 7) is 0. The Morgan fingerprint density at radius 1 is 0.640 bits per heavy atom. The monoisotopic (exact) mass is 357 g/mol. The minimum atomic E-state index is -1.12. The molecule has 4 nitrogen and oxygen atoms in total. The molecule has 0 aromatic rings. The SMILES string of the molecule is CNC(=O)CCCCCCCCCCCCCCCCCCC(O)O. The molecule has 3 N–H and O–H groups in total. The van der Waals surface area contributed by atoms with Gasteiger partial charge in [-0.25, -0.2) is 0 Å². The Balaban J connectivity index is 3.02. The molecule has 0 saturated carbocycles. The summed E-state index contributed by atoms with van der Waals surface area (Å²) < 4.78 is 0. The first-order valence-corrected chi connectivity index (χ1v) is 10.7. The number of hydrogen-bond acceptors (Lipinski definition) is 3. The van der Waals surface area contributed by atoms with Crippen molar-refractivity contribution in [2.24, 2.45) is 0 Å². The third-order valence-electron chi connectivity index (χ3n) is 4.90. The summed E-state index contributed by atoms with van der Waals surface area (Å²) in [5, 5.41) is 20.2. The maximum Gasteiger partial charge on any atom is 0.219 e. The average Bonchev–Trinajstić information content (AvgIpc) is 2.60. The van der Waals surface area contributed by atoms with Gasteiger partial charge in [0.25, 0.3) is 0 Å². The Morgan fingerprint density at radius 3 is 1.28 bits per heavy atom. The van der Waals surface area contributed by atoms with E-state index in [-0.39, 0.29) is 5.91 Å². The van der Waals surface area contributed by atoms with E-state index in [4.69, 9.17) is 10.2 Å². The van der Waals surface area contributed by atoms with Gasteiger partial charge >= 0.3 is 0 Å². The second kappa shape index (κ2) is 19.7. The average molecular weight is 358 g/mol. The number of aliphatic hydroxyl groups excluding tert-OH is 1. The standard InChI is InChI=1S/C21H43NO3/c1-22-20(23)18-16-14-12-10-8-6-4-2-3-5-7-9-11-13-15-17-19-21(24)25/h21,24-25H,2-19H2,1H3,(H,22,23). The van der Waals surface area contributed by atoms with Crippen molar-refractivity contribution in [1.29, 1.82) is 0 Å². The van der Waals surface area contributed by atoms with Crippen LogP contribution in [0.15, 0.2) is 0 Å². The minimum absolute atomic E-state index is 0.168. The molecule has 1 amide bonds. The van der Waals surface area contributed by atoms with Crippen molar-refractivity contribution in [2.75, 3.05) is 7.05 Å². The highest BCUT2D eigenvalue weighted by Gasteiger charge is 1.98. The van der Waals surface area contributed by atoms with Gasteiger partial charge < -0.3 is 15.5 Å². The zero-order valence-electron chi connectivity index (χ0n) is 16.6. The molecule has 0 fully saturated rings. The molecule has 150 valence electrons. The molecule has 0 aromatic carbocycles. The molecule has 0 rings (SSSR count). The van der Waals surface area contributed by atoms with Crippen LogP contribution in [0.1, 0.15) is 116 Å². The molecule has 0 bridgehead atoms. The van der Waals surface area contributed by atoms with Crippen LogP contribution in [0.4, 0.5) is 0 Å². The highest BCUT2D eigenvalue weighted by molar-refractivity contribution is 5.75. The number of unbranched alkanes of at least 4 members (excludes halogenated alkanes) is 15. The number of rotatable bonds is 19. The highest BCUT2D eigenvalue weighted by atomic mass is 16.5. The Morgan fingerprint density at radius 2 is 0.960 bits per heavy atom. The molecule has 0 radical (unpaired) electrons. The van der Waals surface area contributed by atoms with Crippen LogP contribution in [-0.4, -0.2) is 29.5 Å². The van der Waals surface area contributed by atoms with Crippen LogP contribution in [0.2, 0.25) is 0 Å². The highest BCUT2D eigenvalue weighted by Crippen LogP contribution is 2.14. The Kier molecular flexibility index (Phi) is 19.2. The maximum atomic E-state index is 11.1. The van der Waals surface area contributed by atoms with Crippen LogP contribution < -0.4 is 5.32 Å². The van der Waals surface area contributed by atoms with E-state index in [1.165, 1.54) is 83.5 Å². The van der Waals surface area contributed by atoms with E-state index in [2.05, 4.69) is 5.32 Å². The lowest BCUT2D eigenvalue weighted by Crippen LogP contribution is -2.16. The number of nitrogens with one attached hydrogen (secondary N) is 1. The summed E-state index contributed by atoms with van der Waals surface area (Å²) in [6.07, 6.45) is 20.4. The normalized spacial score (nSPS) is 11.2.